The minimum absolute atomic E-state index is 0.00593. The largest absolute Gasteiger partial charge is 0.462 e. The summed E-state index contributed by atoms with van der Waals surface area (Å²) < 4.78 is 5.19. The Kier molecular flexibility index (Phi) is 2.57. The summed E-state index contributed by atoms with van der Waals surface area (Å²) in [7, 11) is 0. The van der Waals surface area contributed by atoms with Gasteiger partial charge < -0.3 is 4.74 Å². The van der Waals surface area contributed by atoms with Gasteiger partial charge in [0.25, 0.3) is 0 Å². The topological polar surface area (TPSA) is 43.4 Å². The fourth-order valence-electron chi connectivity index (χ4n) is 2.75. The normalized spacial score (nSPS) is 36.6. The summed E-state index contributed by atoms with van der Waals surface area (Å²) >= 11 is 0. The average molecular weight is 196 g/mol. The Morgan fingerprint density at radius 3 is 2.79 bits per heavy atom. The summed E-state index contributed by atoms with van der Waals surface area (Å²) in [5, 5.41) is 0. The zero-order valence-corrected chi connectivity index (χ0v) is 8.49. The van der Waals surface area contributed by atoms with Gasteiger partial charge in [0.1, 0.15) is 11.9 Å². The standard InChI is InChI=1S/C11H16O3/c1-7(12)14-10-6-5-8-3-2-4-9(10)11(8)13/h8-10H,2-6H2,1H3. The first kappa shape index (κ1) is 9.69. The lowest BCUT2D eigenvalue weighted by Gasteiger charge is -2.37. The van der Waals surface area contributed by atoms with Gasteiger partial charge in [-0.05, 0) is 25.7 Å². The number of ether oxygens (including phenoxy) is 1. The van der Waals surface area contributed by atoms with E-state index in [4.69, 9.17) is 4.74 Å². The van der Waals surface area contributed by atoms with Gasteiger partial charge in [-0.25, -0.2) is 0 Å². The van der Waals surface area contributed by atoms with Crippen LogP contribution in [0.2, 0.25) is 0 Å². The Balaban J connectivity index is 2.06. The summed E-state index contributed by atoms with van der Waals surface area (Å²) in [4.78, 5) is 22.7. The zero-order chi connectivity index (χ0) is 10.1. The van der Waals surface area contributed by atoms with Crippen molar-refractivity contribution >= 4 is 11.8 Å². The number of hydrogen-bond donors (Lipinski definition) is 0. The number of fused-ring (bicyclic) bond motifs is 2. The van der Waals surface area contributed by atoms with E-state index in [0.717, 1.165) is 32.1 Å². The van der Waals surface area contributed by atoms with Crippen LogP contribution in [0.25, 0.3) is 0 Å². The molecular weight excluding hydrogens is 180 g/mol. The molecule has 0 saturated heterocycles. The lowest BCUT2D eigenvalue weighted by molar-refractivity contribution is -0.157. The highest BCUT2D eigenvalue weighted by molar-refractivity contribution is 5.85. The molecular formula is C11H16O3. The quantitative estimate of drug-likeness (QED) is 0.599. The maximum Gasteiger partial charge on any atom is 0.302 e. The maximum absolute atomic E-state index is 11.8. The van der Waals surface area contributed by atoms with Crippen molar-refractivity contribution in [2.45, 2.75) is 45.1 Å². The Hall–Kier alpha value is -0.860. The molecule has 3 heteroatoms. The molecule has 0 aromatic rings. The zero-order valence-electron chi connectivity index (χ0n) is 8.49. The van der Waals surface area contributed by atoms with Crippen molar-refractivity contribution in [3.63, 3.8) is 0 Å². The summed E-state index contributed by atoms with van der Waals surface area (Å²) in [6, 6.07) is 0. The summed E-state index contributed by atoms with van der Waals surface area (Å²) in [5.74, 6) is 0.354. The molecule has 3 atom stereocenters. The van der Waals surface area contributed by atoms with Gasteiger partial charge in [0.15, 0.2) is 0 Å². The van der Waals surface area contributed by atoms with Gasteiger partial charge in [-0.1, -0.05) is 6.42 Å². The van der Waals surface area contributed by atoms with Crippen LogP contribution in [0, 0.1) is 11.8 Å². The second-order valence-corrected chi connectivity index (χ2v) is 4.36. The highest BCUT2D eigenvalue weighted by Gasteiger charge is 2.41. The highest BCUT2D eigenvalue weighted by Crippen LogP contribution is 2.38. The van der Waals surface area contributed by atoms with Gasteiger partial charge >= 0.3 is 5.97 Å². The third kappa shape index (κ3) is 1.68. The highest BCUT2D eigenvalue weighted by atomic mass is 16.5. The molecule has 2 aliphatic rings. The lowest BCUT2D eigenvalue weighted by atomic mass is 9.70. The van der Waals surface area contributed by atoms with Gasteiger partial charge in [0.05, 0.1) is 5.92 Å². The molecule has 0 N–H and O–H groups in total. The number of carbonyl (C=O) groups excluding carboxylic acids is 2. The molecule has 0 aromatic carbocycles. The minimum atomic E-state index is -0.258. The fourth-order valence-corrected chi connectivity index (χ4v) is 2.75. The van der Waals surface area contributed by atoms with Crippen LogP contribution in [-0.4, -0.2) is 17.9 Å². The molecule has 14 heavy (non-hydrogen) atoms. The molecule has 0 radical (unpaired) electrons. The molecule has 0 heterocycles. The van der Waals surface area contributed by atoms with E-state index in [0.29, 0.717) is 5.78 Å². The number of carbonyl (C=O) groups is 2. The molecule has 0 aliphatic heterocycles. The van der Waals surface area contributed by atoms with Crippen LogP contribution < -0.4 is 0 Å². The second kappa shape index (κ2) is 3.71. The molecule has 3 nitrogen and oxygen atoms in total. The molecule has 0 amide bonds. The Bertz CT molecular complexity index is 259. The summed E-state index contributed by atoms with van der Waals surface area (Å²) in [5.41, 5.74) is 0. The number of rotatable bonds is 1. The van der Waals surface area contributed by atoms with Crippen LogP contribution in [0.5, 0.6) is 0 Å². The van der Waals surface area contributed by atoms with E-state index in [1.54, 1.807) is 0 Å². The maximum atomic E-state index is 11.8. The minimum Gasteiger partial charge on any atom is -0.462 e. The number of esters is 1. The molecule has 2 bridgehead atoms. The smallest absolute Gasteiger partial charge is 0.302 e. The van der Waals surface area contributed by atoms with E-state index in [1.807, 2.05) is 0 Å². The van der Waals surface area contributed by atoms with E-state index >= 15 is 0 Å². The average Bonchev–Trinajstić information content (AvgIpc) is 2.09. The molecule has 2 fully saturated rings. The third-order valence-corrected chi connectivity index (χ3v) is 3.40. The van der Waals surface area contributed by atoms with Crippen molar-refractivity contribution in [1.82, 2.24) is 0 Å². The van der Waals surface area contributed by atoms with Gasteiger partial charge in [0.2, 0.25) is 0 Å². The van der Waals surface area contributed by atoms with Crippen LogP contribution >= 0.6 is 0 Å². The van der Waals surface area contributed by atoms with E-state index in [2.05, 4.69) is 0 Å². The molecule has 2 saturated carbocycles. The van der Waals surface area contributed by atoms with Crippen molar-refractivity contribution in [3.8, 4) is 0 Å². The van der Waals surface area contributed by atoms with Crippen LogP contribution in [0.1, 0.15) is 39.0 Å². The van der Waals surface area contributed by atoms with Gasteiger partial charge in [-0.15, -0.1) is 0 Å². The Morgan fingerprint density at radius 2 is 2.07 bits per heavy atom. The van der Waals surface area contributed by atoms with Gasteiger partial charge in [-0.3, -0.25) is 9.59 Å². The van der Waals surface area contributed by atoms with Crippen LogP contribution in [0.4, 0.5) is 0 Å². The van der Waals surface area contributed by atoms with E-state index < -0.39 is 0 Å². The van der Waals surface area contributed by atoms with Gasteiger partial charge in [-0.2, -0.15) is 0 Å². The van der Waals surface area contributed by atoms with E-state index in [-0.39, 0.29) is 23.9 Å². The predicted octanol–water partition coefficient (Wildman–Crippen LogP) is 1.70. The number of Topliss-reactive ketones (excluding diaryl/α,β-unsaturated/α-hetero) is 1. The van der Waals surface area contributed by atoms with Crippen LogP contribution in [-0.2, 0) is 14.3 Å². The van der Waals surface area contributed by atoms with Crippen molar-refractivity contribution in [1.29, 1.82) is 0 Å². The van der Waals surface area contributed by atoms with Gasteiger partial charge in [0, 0.05) is 12.8 Å². The fraction of sp³-hybridized carbons (Fsp3) is 0.818. The lowest BCUT2D eigenvalue weighted by Crippen LogP contribution is -2.43. The number of hydrogen-bond acceptors (Lipinski definition) is 3. The SMILES string of the molecule is CC(=O)OC1CCC2CCCC1C2=O. The van der Waals surface area contributed by atoms with Crippen molar-refractivity contribution in [3.05, 3.63) is 0 Å². The summed E-state index contributed by atoms with van der Waals surface area (Å²) in [6.45, 7) is 1.42. The molecule has 3 unspecified atom stereocenters. The Labute approximate surface area is 83.8 Å². The molecule has 0 aromatic heterocycles. The molecule has 78 valence electrons. The first-order chi connectivity index (χ1) is 6.68. The molecule has 2 rings (SSSR count). The van der Waals surface area contributed by atoms with Crippen molar-refractivity contribution < 1.29 is 14.3 Å². The van der Waals surface area contributed by atoms with Crippen molar-refractivity contribution in [2.24, 2.45) is 11.8 Å². The van der Waals surface area contributed by atoms with E-state index in [1.165, 1.54) is 6.92 Å². The van der Waals surface area contributed by atoms with E-state index in [9.17, 15) is 9.59 Å². The van der Waals surface area contributed by atoms with Crippen LogP contribution in [0.15, 0.2) is 0 Å². The summed E-state index contributed by atoms with van der Waals surface area (Å²) in [6.07, 6.45) is 4.72. The first-order valence-corrected chi connectivity index (χ1v) is 5.39. The first-order valence-electron chi connectivity index (χ1n) is 5.39. The van der Waals surface area contributed by atoms with Crippen LogP contribution in [0.3, 0.4) is 0 Å². The third-order valence-electron chi connectivity index (χ3n) is 3.40. The monoisotopic (exact) mass is 196 g/mol. The number of ketones is 1. The predicted molar refractivity (Wildman–Crippen MR) is 50.6 cm³/mol. The Morgan fingerprint density at radius 1 is 1.29 bits per heavy atom. The molecule has 0 spiro atoms. The van der Waals surface area contributed by atoms with Crippen molar-refractivity contribution in [2.75, 3.05) is 0 Å². The molecule has 2 aliphatic carbocycles. The second-order valence-electron chi connectivity index (χ2n) is 4.36.